The number of nitrogens with zero attached hydrogens (tertiary/aromatic N) is 2. The van der Waals surface area contributed by atoms with E-state index in [1.807, 2.05) is 0 Å². The lowest BCUT2D eigenvalue weighted by Gasteiger charge is -2.26. The normalized spacial score (nSPS) is 16.1. The van der Waals surface area contributed by atoms with Crippen molar-refractivity contribution in [3.05, 3.63) is 59.9 Å². The molecule has 1 heterocycles. The topological polar surface area (TPSA) is 61.9 Å². The number of nitrogens with one attached hydrogen (secondary N) is 1. The fourth-order valence-corrected chi connectivity index (χ4v) is 4.46. The zero-order valence-electron chi connectivity index (χ0n) is 16.4. The molecule has 0 bridgehead atoms. The highest BCUT2D eigenvalue weighted by molar-refractivity contribution is 7.99. The van der Waals surface area contributed by atoms with Crippen LogP contribution in [0.4, 0.5) is 10.1 Å². The van der Waals surface area contributed by atoms with Crippen LogP contribution in [-0.4, -0.2) is 61.2 Å². The molecule has 2 aromatic carbocycles. The van der Waals surface area contributed by atoms with Gasteiger partial charge in [-0.3, -0.25) is 14.5 Å². The van der Waals surface area contributed by atoms with Crippen molar-refractivity contribution < 1.29 is 18.7 Å². The van der Waals surface area contributed by atoms with Crippen LogP contribution in [0, 0.1) is 5.82 Å². The summed E-state index contributed by atoms with van der Waals surface area (Å²) < 4.78 is 19.2. The van der Waals surface area contributed by atoms with E-state index in [0.29, 0.717) is 23.5 Å². The molecular weight excluding hydrogens is 393 g/mol. The summed E-state index contributed by atoms with van der Waals surface area (Å²) in [5, 5.41) is 2.47. The molecule has 8 heteroatoms. The lowest BCUT2D eigenvalue weighted by atomic mass is 10.2. The molecule has 2 aromatic rings. The summed E-state index contributed by atoms with van der Waals surface area (Å²) in [5.41, 5.74) is 1.18. The zero-order chi connectivity index (χ0) is 20.8. The Balaban J connectivity index is 1.54. The molecule has 29 heavy (non-hydrogen) atoms. The highest BCUT2D eigenvalue weighted by Crippen LogP contribution is 2.38. The Hall–Kier alpha value is -2.58. The Bertz CT molecular complexity index is 863. The van der Waals surface area contributed by atoms with Gasteiger partial charge in [-0.05, 0) is 37.4 Å². The van der Waals surface area contributed by atoms with Crippen LogP contribution in [0.3, 0.4) is 0 Å². The van der Waals surface area contributed by atoms with Crippen LogP contribution >= 0.6 is 11.8 Å². The summed E-state index contributed by atoms with van der Waals surface area (Å²) in [6.07, 6.45) is 0. The Labute approximate surface area is 174 Å². The van der Waals surface area contributed by atoms with Gasteiger partial charge in [-0.25, -0.2) is 4.39 Å². The molecule has 154 valence electrons. The van der Waals surface area contributed by atoms with E-state index in [-0.39, 0.29) is 36.1 Å². The van der Waals surface area contributed by atoms with Gasteiger partial charge in [-0.15, -0.1) is 11.8 Å². The van der Waals surface area contributed by atoms with E-state index >= 15 is 0 Å². The quantitative estimate of drug-likeness (QED) is 0.751. The van der Waals surface area contributed by atoms with Gasteiger partial charge in [0.15, 0.2) is 0 Å². The number of thioether (sulfide) groups is 1. The van der Waals surface area contributed by atoms with E-state index < -0.39 is 0 Å². The third kappa shape index (κ3) is 5.48. The van der Waals surface area contributed by atoms with Gasteiger partial charge in [0.1, 0.15) is 16.9 Å². The molecule has 1 saturated heterocycles. The number of rotatable bonds is 7. The fourth-order valence-electron chi connectivity index (χ4n) is 3.16. The predicted octanol–water partition coefficient (Wildman–Crippen LogP) is 2.98. The first-order chi connectivity index (χ1) is 14.0. The molecule has 1 aliphatic rings. The second-order valence-electron chi connectivity index (χ2n) is 6.78. The molecule has 0 aromatic heterocycles. The van der Waals surface area contributed by atoms with E-state index in [1.54, 1.807) is 78.2 Å². The Morgan fingerprint density at radius 2 is 1.93 bits per heavy atom. The van der Waals surface area contributed by atoms with E-state index in [0.717, 1.165) is 5.75 Å². The molecule has 0 radical (unpaired) electrons. The molecule has 1 atom stereocenters. The van der Waals surface area contributed by atoms with E-state index in [9.17, 15) is 14.0 Å². The van der Waals surface area contributed by atoms with Crippen LogP contribution < -0.4 is 10.1 Å². The number of methoxy groups -OCH3 is 1. The molecular formula is C21H24FN3O3S. The van der Waals surface area contributed by atoms with Gasteiger partial charge in [0.25, 0.3) is 0 Å². The van der Waals surface area contributed by atoms with Crippen molar-refractivity contribution in [3.8, 4) is 5.75 Å². The maximum absolute atomic E-state index is 14.1. The lowest BCUT2D eigenvalue weighted by Crippen LogP contribution is -2.41. The Morgan fingerprint density at radius 3 is 2.62 bits per heavy atom. The summed E-state index contributed by atoms with van der Waals surface area (Å²) >= 11 is 1.55. The average molecular weight is 418 g/mol. The first-order valence-corrected chi connectivity index (χ1v) is 10.3. The van der Waals surface area contributed by atoms with Crippen molar-refractivity contribution in [3.63, 3.8) is 0 Å². The molecule has 1 aliphatic heterocycles. The van der Waals surface area contributed by atoms with Gasteiger partial charge < -0.3 is 15.0 Å². The lowest BCUT2D eigenvalue weighted by molar-refractivity contribution is -0.132. The molecule has 3 rings (SSSR count). The van der Waals surface area contributed by atoms with Gasteiger partial charge in [0, 0.05) is 23.5 Å². The van der Waals surface area contributed by atoms with Gasteiger partial charge in [0.05, 0.1) is 20.2 Å². The Morgan fingerprint density at radius 1 is 1.21 bits per heavy atom. The van der Waals surface area contributed by atoms with Crippen molar-refractivity contribution in [2.24, 2.45) is 0 Å². The highest BCUT2D eigenvalue weighted by atomic mass is 32.2. The van der Waals surface area contributed by atoms with Gasteiger partial charge in [-0.1, -0.05) is 18.2 Å². The minimum absolute atomic E-state index is 0.0725. The van der Waals surface area contributed by atoms with Crippen LogP contribution in [0.25, 0.3) is 0 Å². The molecule has 1 fully saturated rings. The first-order valence-electron chi connectivity index (χ1n) is 9.26. The number of likely N-dealkylation sites (N-methyl/N-ethyl adjacent to an activating group) is 1. The number of halogens is 1. The number of benzene rings is 2. The zero-order valence-corrected chi connectivity index (χ0v) is 17.2. The van der Waals surface area contributed by atoms with E-state index in [2.05, 4.69) is 5.32 Å². The number of anilines is 1. The van der Waals surface area contributed by atoms with Crippen LogP contribution in [0.5, 0.6) is 5.75 Å². The van der Waals surface area contributed by atoms with Gasteiger partial charge in [0.2, 0.25) is 11.8 Å². The minimum Gasteiger partial charge on any atom is -0.497 e. The smallest absolute Gasteiger partial charge is 0.238 e. The second kappa shape index (κ2) is 9.76. The molecule has 1 N–H and O–H groups in total. The largest absolute Gasteiger partial charge is 0.497 e. The number of hydrogen-bond donors (Lipinski definition) is 1. The monoisotopic (exact) mass is 417 g/mol. The number of carbonyl (C=O) groups excluding carboxylic acids is 2. The van der Waals surface area contributed by atoms with Crippen molar-refractivity contribution in [1.29, 1.82) is 0 Å². The van der Waals surface area contributed by atoms with Gasteiger partial charge >= 0.3 is 0 Å². The fraction of sp³-hybridized carbons (Fsp3) is 0.333. The summed E-state index contributed by atoms with van der Waals surface area (Å²) in [6, 6.07) is 13.6. The summed E-state index contributed by atoms with van der Waals surface area (Å²) in [4.78, 5) is 28.3. The molecule has 6 nitrogen and oxygen atoms in total. The van der Waals surface area contributed by atoms with Crippen molar-refractivity contribution in [2.45, 2.75) is 5.37 Å². The average Bonchev–Trinajstić information content (AvgIpc) is 3.18. The summed E-state index contributed by atoms with van der Waals surface area (Å²) in [5.74, 6) is 0.817. The molecule has 2 amide bonds. The molecule has 0 saturated carbocycles. The standard InChI is InChI=1S/C21H24FN3O3S/c1-24(13-19(26)23-15-7-9-16(28-2)10-8-15)14-20(27)25-11-12-29-21(25)17-5-3-4-6-18(17)22/h3-10,21H,11-14H2,1-2H3,(H,23,26)/t21-/m1/s1. The highest BCUT2D eigenvalue weighted by Gasteiger charge is 2.32. The number of hydrogen-bond acceptors (Lipinski definition) is 5. The number of carbonyl (C=O) groups is 2. The first kappa shape index (κ1) is 21.1. The molecule has 0 aliphatic carbocycles. The third-order valence-corrected chi connectivity index (χ3v) is 5.82. The third-order valence-electron chi connectivity index (χ3n) is 4.58. The van der Waals surface area contributed by atoms with Crippen LogP contribution in [0.15, 0.2) is 48.5 Å². The number of amides is 2. The minimum atomic E-state index is -0.328. The predicted molar refractivity (Wildman–Crippen MR) is 112 cm³/mol. The SMILES string of the molecule is COc1ccc(NC(=O)CN(C)CC(=O)N2CCS[C@@H]2c2ccccc2F)cc1. The van der Waals surface area contributed by atoms with E-state index in [4.69, 9.17) is 4.74 Å². The van der Waals surface area contributed by atoms with Crippen LogP contribution in [-0.2, 0) is 9.59 Å². The summed E-state index contributed by atoms with van der Waals surface area (Å²) in [6.45, 7) is 0.721. The van der Waals surface area contributed by atoms with Crippen molar-refractivity contribution in [2.75, 3.05) is 44.9 Å². The maximum Gasteiger partial charge on any atom is 0.238 e. The van der Waals surface area contributed by atoms with Crippen molar-refractivity contribution >= 4 is 29.3 Å². The van der Waals surface area contributed by atoms with E-state index in [1.165, 1.54) is 6.07 Å². The molecule has 0 unspecified atom stereocenters. The van der Waals surface area contributed by atoms with Crippen LogP contribution in [0.2, 0.25) is 0 Å². The van der Waals surface area contributed by atoms with Crippen LogP contribution in [0.1, 0.15) is 10.9 Å². The summed E-state index contributed by atoms with van der Waals surface area (Å²) in [7, 11) is 3.29. The maximum atomic E-state index is 14.1. The van der Waals surface area contributed by atoms with Crippen molar-refractivity contribution in [1.82, 2.24) is 9.80 Å². The van der Waals surface area contributed by atoms with Gasteiger partial charge in [-0.2, -0.15) is 0 Å². The molecule has 0 spiro atoms. The Kier molecular flexibility index (Phi) is 7.11. The number of ether oxygens (including phenoxy) is 1. The second-order valence-corrected chi connectivity index (χ2v) is 7.97.